The van der Waals surface area contributed by atoms with Gasteiger partial charge in [0, 0.05) is 5.69 Å². The second kappa shape index (κ2) is 4.82. The molecule has 0 bridgehead atoms. The first-order valence-corrected chi connectivity index (χ1v) is 5.59. The molecular weight excluding hydrogens is 262 g/mol. The van der Waals surface area contributed by atoms with Gasteiger partial charge in [0.15, 0.2) is 0 Å². The van der Waals surface area contributed by atoms with E-state index in [0.29, 0.717) is 21.4 Å². The van der Waals surface area contributed by atoms with Crippen LogP contribution < -0.4 is 11.1 Å². The highest BCUT2D eigenvalue weighted by Gasteiger charge is 2.05. The molecule has 0 spiro atoms. The van der Waals surface area contributed by atoms with Crippen LogP contribution >= 0.6 is 23.2 Å². The summed E-state index contributed by atoms with van der Waals surface area (Å²) in [6.45, 7) is 0. The zero-order valence-corrected chi connectivity index (χ0v) is 10.2. The molecule has 3 N–H and O–H groups in total. The van der Waals surface area contributed by atoms with Gasteiger partial charge < -0.3 is 11.1 Å². The minimum Gasteiger partial charge on any atom is -0.395 e. The van der Waals surface area contributed by atoms with E-state index < -0.39 is 5.82 Å². The second-order valence-electron chi connectivity index (χ2n) is 3.45. The molecule has 0 heterocycles. The first kappa shape index (κ1) is 12.0. The molecule has 0 unspecified atom stereocenters. The molecule has 2 nitrogen and oxygen atoms in total. The Kier molecular flexibility index (Phi) is 3.41. The molecule has 0 atom stereocenters. The quantitative estimate of drug-likeness (QED) is 0.791. The SMILES string of the molecule is Nc1c(F)cccc1Nc1ccc(Cl)c(Cl)c1. The summed E-state index contributed by atoms with van der Waals surface area (Å²) in [5.41, 5.74) is 6.85. The van der Waals surface area contributed by atoms with Crippen molar-refractivity contribution in [2.75, 3.05) is 11.1 Å². The highest BCUT2D eigenvalue weighted by atomic mass is 35.5. The third kappa shape index (κ3) is 2.62. The van der Waals surface area contributed by atoms with E-state index >= 15 is 0 Å². The van der Waals surface area contributed by atoms with Gasteiger partial charge in [-0.3, -0.25) is 0 Å². The molecule has 0 aliphatic heterocycles. The summed E-state index contributed by atoms with van der Waals surface area (Å²) in [5, 5.41) is 3.86. The van der Waals surface area contributed by atoms with Gasteiger partial charge in [0.05, 0.1) is 21.4 Å². The van der Waals surface area contributed by atoms with E-state index in [1.54, 1.807) is 30.3 Å². The molecule has 2 aromatic carbocycles. The third-order valence-electron chi connectivity index (χ3n) is 2.25. The molecule has 0 fully saturated rings. The molecule has 0 aromatic heterocycles. The average Bonchev–Trinajstić information content (AvgIpc) is 2.30. The number of para-hydroxylation sites is 1. The van der Waals surface area contributed by atoms with Gasteiger partial charge in [-0.05, 0) is 30.3 Å². The number of hydrogen-bond donors (Lipinski definition) is 2. The van der Waals surface area contributed by atoms with Crippen LogP contribution in [-0.4, -0.2) is 0 Å². The number of nitrogens with one attached hydrogen (secondary N) is 1. The van der Waals surface area contributed by atoms with Crippen molar-refractivity contribution < 1.29 is 4.39 Å². The van der Waals surface area contributed by atoms with Crippen LogP contribution in [0.3, 0.4) is 0 Å². The number of benzene rings is 2. The zero-order chi connectivity index (χ0) is 12.4. The van der Waals surface area contributed by atoms with E-state index in [0.717, 1.165) is 0 Å². The number of nitrogens with two attached hydrogens (primary N) is 1. The van der Waals surface area contributed by atoms with Gasteiger partial charge in [0.2, 0.25) is 0 Å². The maximum Gasteiger partial charge on any atom is 0.148 e. The molecule has 0 aliphatic carbocycles. The third-order valence-corrected chi connectivity index (χ3v) is 2.99. The molecule has 0 amide bonds. The highest BCUT2D eigenvalue weighted by Crippen LogP contribution is 2.29. The number of halogens is 3. The first-order chi connectivity index (χ1) is 8.08. The minimum atomic E-state index is -0.463. The van der Waals surface area contributed by atoms with Crippen LogP contribution in [0.5, 0.6) is 0 Å². The Morgan fingerprint density at radius 3 is 2.53 bits per heavy atom. The van der Waals surface area contributed by atoms with Crippen LogP contribution in [0.4, 0.5) is 21.5 Å². The van der Waals surface area contributed by atoms with Crippen LogP contribution in [0.2, 0.25) is 10.0 Å². The van der Waals surface area contributed by atoms with Gasteiger partial charge in [-0.2, -0.15) is 0 Å². The Bertz CT molecular complexity index is 558. The van der Waals surface area contributed by atoms with Crippen molar-refractivity contribution in [2.24, 2.45) is 0 Å². The molecular formula is C12H9Cl2FN2. The van der Waals surface area contributed by atoms with Gasteiger partial charge in [-0.1, -0.05) is 29.3 Å². The summed E-state index contributed by atoms with van der Waals surface area (Å²) in [6, 6.07) is 9.59. The van der Waals surface area contributed by atoms with Crippen molar-refractivity contribution >= 4 is 40.3 Å². The van der Waals surface area contributed by atoms with Gasteiger partial charge in [-0.15, -0.1) is 0 Å². The number of nitrogen functional groups attached to an aromatic ring is 1. The first-order valence-electron chi connectivity index (χ1n) is 4.84. The average molecular weight is 271 g/mol. The lowest BCUT2D eigenvalue weighted by atomic mass is 10.2. The maximum absolute atomic E-state index is 13.2. The fourth-order valence-electron chi connectivity index (χ4n) is 1.38. The maximum atomic E-state index is 13.2. The smallest absolute Gasteiger partial charge is 0.148 e. The van der Waals surface area contributed by atoms with Crippen LogP contribution in [0, 0.1) is 5.82 Å². The summed E-state index contributed by atoms with van der Waals surface area (Å²) in [6.07, 6.45) is 0. The van der Waals surface area contributed by atoms with Crippen molar-refractivity contribution in [3.8, 4) is 0 Å². The topological polar surface area (TPSA) is 38.0 Å². The predicted molar refractivity (Wildman–Crippen MR) is 70.6 cm³/mol. The molecule has 2 rings (SSSR count). The minimum absolute atomic E-state index is 0.0681. The largest absolute Gasteiger partial charge is 0.395 e. The normalized spacial score (nSPS) is 10.3. The van der Waals surface area contributed by atoms with E-state index in [4.69, 9.17) is 28.9 Å². The van der Waals surface area contributed by atoms with Crippen molar-refractivity contribution in [2.45, 2.75) is 0 Å². The van der Waals surface area contributed by atoms with Gasteiger partial charge in [0.1, 0.15) is 5.82 Å². The van der Waals surface area contributed by atoms with Gasteiger partial charge >= 0.3 is 0 Å². The fraction of sp³-hybridized carbons (Fsp3) is 0. The monoisotopic (exact) mass is 270 g/mol. The van der Waals surface area contributed by atoms with Crippen molar-refractivity contribution in [1.29, 1.82) is 0 Å². The summed E-state index contributed by atoms with van der Waals surface area (Å²) >= 11 is 11.7. The molecule has 0 aliphatic rings. The Hall–Kier alpha value is -1.45. The number of hydrogen-bond acceptors (Lipinski definition) is 2. The Morgan fingerprint density at radius 1 is 1.06 bits per heavy atom. The van der Waals surface area contributed by atoms with Crippen LogP contribution in [-0.2, 0) is 0 Å². The number of rotatable bonds is 2. The van der Waals surface area contributed by atoms with E-state index in [2.05, 4.69) is 5.32 Å². The Balaban J connectivity index is 2.31. The van der Waals surface area contributed by atoms with Crippen molar-refractivity contribution in [1.82, 2.24) is 0 Å². The Labute approximate surface area is 108 Å². The molecule has 0 saturated heterocycles. The van der Waals surface area contributed by atoms with E-state index in [-0.39, 0.29) is 5.69 Å². The molecule has 2 aromatic rings. The van der Waals surface area contributed by atoms with E-state index in [1.165, 1.54) is 6.07 Å². The Morgan fingerprint density at radius 2 is 1.82 bits per heavy atom. The van der Waals surface area contributed by atoms with Crippen LogP contribution in [0.25, 0.3) is 0 Å². The second-order valence-corrected chi connectivity index (χ2v) is 4.27. The van der Waals surface area contributed by atoms with Crippen molar-refractivity contribution in [3.63, 3.8) is 0 Å². The molecule has 17 heavy (non-hydrogen) atoms. The summed E-state index contributed by atoms with van der Waals surface area (Å²) in [7, 11) is 0. The summed E-state index contributed by atoms with van der Waals surface area (Å²) < 4.78 is 13.2. The zero-order valence-electron chi connectivity index (χ0n) is 8.68. The summed E-state index contributed by atoms with van der Waals surface area (Å²) in [4.78, 5) is 0. The lowest BCUT2D eigenvalue weighted by Crippen LogP contribution is -1.98. The number of anilines is 3. The lowest BCUT2D eigenvalue weighted by molar-refractivity contribution is 0.633. The fourth-order valence-corrected chi connectivity index (χ4v) is 1.67. The van der Waals surface area contributed by atoms with Crippen LogP contribution in [0.15, 0.2) is 36.4 Å². The van der Waals surface area contributed by atoms with Crippen molar-refractivity contribution in [3.05, 3.63) is 52.3 Å². The highest BCUT2D eigenvalue weighted by molar-refractivity contribution is 6.42. The standard InChI is InChI=1S/C12H9Cl2FN2/c13-8-5-4-7(6-9(8)14)17-11-3-1-2-10(15)12(11)16/h1-6,17H,16H2. The van der Waals surface area contributed by atoms with Gasteiger partial charge in [-0.25, -0.2) is 4.39 Å². The predicted octanol–water partition coefficient (Wildman–Crippen LogP) is 4.46. The van der Waals surface area contributed by atoms with E-state index in [9.17, 15) is 4.39 Å². The molecule has 88 valence electrons. The lowest BCUT2D eigenvalue weighted by Gasteiger charge is -2.10. The molecule has 0 radical (unpaired) electrons. The van der Waals surface area contributed by atoms with Crippen LogP contribution in [0.1, 0.15) is 0 Å². The van der Waals surface area contributed by atoms with Gasteiger partial charge in [0.25, 0.3) is 0 Å². The molecule has 0 saturated carbocycles. The summed E-state index contributed by atoms with van der Waals surface area (Å²) in [5.74, 6) is -0.463. The van der Waals surface area contributed by atoms with E-state index in [1.807, 2.05) is 0 Å². The molecule has 5 heteroatoms.